The van der Waals surface area contributed by atoms with Crippen LogP contribution in [0.3, 0.4) is 0 Å². The largest absolute Gasteiger partial charge is 0.313 e. The summed E-state index contributed by atoms with van der Waals surface area (Å²) in [4.78, 5) is 1.52. The van der Waals surface area contributed by atoms with Crippen molar-refractivity contribution >= 4 is 0 Å². The highest BCUT2D eigenvalue weighted by Crippen LogP contribution is 2.23. The third-order valence-electron chi connectivity index (χ3n) is 3.13. The number of rotatable bonds is 7. The van der Waals surface area contributed by atoms with Crippen molar-refractivity contribution in [2.24, 2.45) is 12.5 Å². The topological polar surface area (TPSA) is 55.6 Å². The predicted octanol–water partition coefficient (Wildman–Crippen LogP) is 1.95. The molecule has 0 saturated heterocycles. The summed E-state index contributed by atoms with van der Waals surface area (Å²) < 4.78 is 0. The van der Waals surface area contributed by atoms with Crippen LogP contribution in [0.4, 0.5) is 0 Å². The zero-order valence-electron chi connectivity index (χ0n) is 12.4. The molecule has 1 atom stereocenters. The van der Waals surface area contributed by atoms with Crippen molar-refractivity contribution in [3.05, 3.63) is 5.82 Å². The van der Waals surface area contributed by atoms with Gasteiger partial charge < -0.3 is 5.32 Å². The Kier molecular flexibility index (Phi) is 5.72. The van der Waals surface area contributed by atoms with E-state index in [4.69, 9.17) is 0 Å². The van der Waals surface area contributed by atoms with E-state index in [-0.39, 0.29) is 0 Å². The Morgan fingerprint density at radius 2 is 2.06 bits per heavy atom. The molecule has 0 bridgehead atoms. The van der Waals surface area contributed by atoms with Gasteiger partial charge in [-0.1, -0.05) is 27.7 Å². The van der Waals surface area contributed by atoms with Gasteiger partial charge in [-0.2, -0.15) is 4.80 Å². The Morgan fingerprint density at radius 3 is 2.56 bits per heavy atom. The maximum Gasteiger partial charge on any atom is 0.174 e. The van der Waals surface area contributed by atoms with Gasteiger partial charge in [-0.3, -0.25) is 0 Å². The summed E-state index contributed by atoms with van der Waals surface area (Å²) in [6.07, 6.45) is 4.35. The van der Waals surface area contributed by atoms with Gasteiger partial charge in [0.05, 0.1) is 7.05 Å². The minimum Gasteiger partial charge on any atom is -0.313 e. The Labute approximate surface area is 110 Å². The SMILES string of the molecule is CCCNC(CCCc1nnn(C)n1)C(C)(C)C. The van der Waals surface area contributed by atoms with Crippen LogP contribution in [0.1, 0.15) is 52.8 Å². The number of hydrogen-bond donors (Lipinski definition) is 1. The van der Waals surface area contributed by atoms with Crippen molar-refractivity contribution in [3.63, 3.8) is 0 Å². The minimum atomic E-state index is 0.297. The molecule has 0 aromatic carbocycles. The molecular formula is C13H27N5. The first-order valence-electron chi connectivity index (χ1n) is 6.89. The smallest absolute Gasteiger partial charge is 0.174 e. The quantitative estimate of drug-likeness (QED) is 0.807. The van der Waals surface area contributed by atoms with Crippen LogP contribution in [0.25, 0.3) is 0 Å². The summed E-state index contributed by atoms with van der Waals surface area (Å²) in [7, 11) is 1.80. The zero-order valence-corrected chi connectivity index (χ0v) is 12.4. The fraction of sp³-hybridized carbons (Fsp3) is 0.923. The highest BCUT2D eigenvalue weighted by atomic mass is 15.6. The molecule has 104 valence electrons. The van der Waals surface area contributed by atoms with Crippen LogP contribution in [0.15, 0.2) is 0 Å². The molecule has 0 aliphatic heterocycles. The molecule has 1 N–H and O–H groups in total. The highest BCUT2D eigenvalue weighted by Gasteiger charge is 2.23. The van der Waals surface area contributed by atoms with Gasteiger partial charge in [0, 0.05) is 12.5 Å². The molecule has 0 radical (unpaired) electrons. The van der Waals surface area contributed by atoms with Crippen LogP contribution >= 0.6 is 0 Å². The molecule has 0 saturated carbocycles. The van der Waals surface area contributed by atoms with E-state index in [1.165, 1.54) is 11.2 Å². The van der Waals surface area contributed by atoms with Gasteiger partial charge in [0.15, 0.2) is 5.82 Å². The van der Waals surface area contributed by atoms with Gasteiger partial charge >= 0.3 is 0 Å². The Bertz CT molecular complexity index is 339. The lowest BCUT2D eigenvalue weighted by Gasteiger charge is -2.31. The maximum absolute atomic E-state index is 4.21. The van der Waals surface area contributed by atoms with Crippen molar-refractivity contribution in [1.82, 2.24) is 25.5 Å². The first kappa shape index (κ1) is 15.1. The van der Waals surface area contributed by atoms with E-state index >= 15 is 0 Å². The lowest BCUT2D eigenvalue weighted by Crippen LogP contribution is -2.40. The molecule has 1 heterocycles. The minimum absolute atomic E-state index is 0.297. The van der Waals surface area contributed by atoms with E-state index in [2.05, 4.69) is 48.4 Å². The second-order valence-electron chi connectivity index (χ2n) is 5.96. The number of aryl methyl sites for hydroxylation is 2. The molecule has 0 aliphatic rings. The van der Waals surface area contributed by atoms with E-state index < -0.39 is 0 Å². The summed E-state index contributed by atoms with van der Waals surface area (Å²) in [6, 6.07) is 0.550. The van der Waals surface area contributed by atoms with E-state index in [1.54, 1.807) is 7.05 Å². The third kappa shape index (κ3) is 5.12. The van der Waals surface area contributed by atoms with Crippen molar-refractivity contribution in [2.75, 3.05) is 6.54 Å². The highest BCUT2D eigenvalue weighted by molar-refractivity contribution is 4.83. The van der Waals surface area contributed by atoms with Crippen LogP contribution in [0, 0.1) is 5.41 Å². The van der Waals surface area contributed by atoms with Crippen molar-refractivity contribution in [1.29, 1.82) is 0 Å². The van der Waals surface area contributed by atoms with Gasteiger partial charge in [-0.05, 0) is 36.4 Å². The molecule has 0 fully saturated rings. The number of aromatic nitrogens is 4. The Hall–Kier alpha value is -0.970. The van der Waals surface area contributed by atoms with E-state index in [0.717, 1.165) is 31.6 Å². The molecule has 1 unspecified atom stereocenters. The van der Waals surface area contributed by atoms with Crippen molar-refractivity contribution in [2.45, 2.75) is 59.4 Å². The molecule has 1 rings (SSSR count). The second-order valence-corrected chi connectivity index (χ2v) is 5.96. The van der Waals surface area contributed by atoms with Crippen LogP contribution in [0.5, 0.6) is 0 Å². The molecule has 1 aromatic heterocycles. The number of nitrogens with zero attached hydrogens (tertiary/aromatic N) is 4. The fourth-order valence-corrected chi connectivity index (χ4v) is 2.05. The normalized spacial score (nSPS) is 13.8. The van der Waals surface area contributed by atoms with Gasteiger partial charge in [0.25, 0.3) is 0 Å². The number of hydrogen-bond acceptors (Lipinski definition) is 4. The molecule has 18 heavy (non-hydrogen) atoms. The fourth-order valence-electron chi connectivity index (χ4n) is 2.05. The van der Waals surface area contributed by atoms with Crippen LogP contribution < -0.4 is 5.32 Å². The molecule has 5 heteroatoms. The number of nitrogens with one attached hydrogen (secondary N) is 1. The summed E-state index contributed by atoms with van der Waals surface area (Å²) in [5.41, 5.74) is 0.297. The van der Waals surface area contributed by atoms with E-state index in [0.29, 0.717) is 11.5 Å². The molecule has 1 aromatic rings. The summed E-state index contributed by atoms with van der Waals surface area (Å²) >= 11 is 0. The first-order valence-corrected chi connectivity index (χ1v) is 6.89. The summed E-state index contributed by atoms with van der Waals surface area (Å²) in [6.45, 7) is 10.2. The lowest BCUT2D eigenvalue weighted by molar-refractivity contribution is 0.251. The Balaban J connectivity index is 2.37. The Morgan fingerprint density at radius 1 is 1.33 bits per heavy atom. The van der Waals surface area contributed by atoms with Gasteiger partial charge in [0.2, 0.25) is 0 Å². The lowest BCUT2D eigenvalue weighted by atomic mass is 9.83. The van der Waals surface area contributed by atoms with Gasteiger partial charge in [-0.15, -0.1) is 10.2 Å². The standard InChI is InChI=1S/C13H27N5/c1-6-10-14-11(13(2,3)4)8-7-9-12-15-17-18(5)16-12/h11,14H,6-10H2,1-5H3. The molecule has 0 aliphatic carbocycles. The van der Waals surface area contributed by atoms with Crippen molar-refractivity contribution in [3.8, 4) is 0 Å². The molecule has 0 spiro atoms. The van der Waals surface area contributed by atoms with E-state index in [1.807, 2.05) is 0 Å². The van der Waals surface area contributed by atoms with Gasteiger partial charge in [0.1, 0.15) is 0 Å². The zero-order chi connectivity index (χ0) is 13.6. The summed E-state index contributed by atoms with van der Waals surface area (Å²) in [5, 5.41) is 15.7. The van der Waals surface area contributed by atoms with Crippen molar-refractivity contribution < 1.29 is 0 Å². The molecule has 5 nitrogen and oxygen atoms in total. The summed E-state index contributed by atoms with van der Waals surface area (Å²) in [5.74, 6) is 0.848. The predicted molar refractivity (Wildman–Crippen MR) is 73.3 cm³/mol. The maximum atomic E-state index is 4.21. The third-order valence-corrected chi connectivity index (χ3v) is 3.13. The number of tetrazole rings is 1. The average Bonchev–Trinajstić information content (AvgIpc) is 2.67. The van der Waals surface area contributed by atoms with Gasteiger partial charge in [-0.25, -0.2) is 0 Å². The molecule has 0 amide bonds. The molecular weight excluding hydrogens is 226 g/mol. The van der Waals surface area contributed by atoms with E-state index in [9.17, 15) is 0 Å². The monoisotopic (exact) mass is 253 g/mol. The average molecular weight is 253 g/mol. The second kappa shape index (κ2) is 6.83. The van der Waals surface area contributed by atoms with Crippen LogP contribution in [-0.2, 0) is 13.5 Å². The van der Waals surface area contributed by atoms with Crippen LogP contribution in [0.2, 0.25) is 0 Å². The van der Waals surface area contributed by atoms with Crippen LogP contribution in [-0.4, -0.2) is 32.8 Å². The first-order chi connectivity index (χ1) is 8.43.